The Bertz CT molecular complexity index is 2180. The second-order valence-corrected chi connectivity index (χ2v) is 13.7. The largest absolute Gasteiger partial charge is 0.461 e. The maximum atomic E-state index is 14.6. The lowest BCUT2D eigenvalue weighted by molar-refractivity contribution is -0.145. The van der Waals surface area contributed by atoms with Gasteiger partial charge in [0.25, 0.3) is 0 Å². The summed E-state index contributed by atoms with van der Waals surface area (Å²) in [6, 6.07) is 37.2. The minimum atomic E-state index is -1.72. The zero-order valence-corrected chi connectivity index (χ0v) is 29.2. The van der Waals surface area contributed by atoms with Crippen LogP contribution in [0.15, 0.2) is 157 Å². The minimum Gasteiger partial charge on any atom is -0.461 e. The Labute approximate surface area is 311 Å². The number of aromatic nitrogens is 2. The summed E-state index contributed by atoms with van der Waals surface area (Å²) in [4.78, 5) is 52.1. The van der Waals surface area contributed by atoms with E-state index in [-0.39, 0.29) is 25.0 Å². The Morgan fingerprint density at radius 2 is 1.47 bits per heavy atom. The number of allylic oxidation sites excluding steroid dienone is 2. The molecular formula is C44H34ClN3O5. The number of fused-ring (bicyclic) bond motifs is 5. The van der Waals surface area contributed by atoms with E-state index in [2.05, 4.69) is 4.98 Å². The van der Waals surface area contributed by atoms with E-state index >= 15 is 0 Å². The first-order valence-corrected chi connectivity index (χ1v) is 17.8. The Balaban J connectivity index is 1.18. The van der Waals surface area contributed by atoms with Gasteiger partial charge < -0.3 is 9.84 Å². The maximum absolute atomic E-state index is 14.6. The van der Waals surface area contributed by atoms with Gasteiger partial charge in [-0.15, -0.1) is 0 Å². The summed E-state index contributed by atoms with van der Waals surface area (Å²) in [5.41, 5.74) is 3.94. The van der Waals surface area contributed by atoms with Crippen molar-refractivity contribution in [1.82, 2.24) is 14.9 Å². The molecule has 0 spiro atoms. The van der Waals surface area contributed by atoms with E-state index < -0.39 is 35.2 Å². The zero-order valence-electron chi connectivity index (χ0n) is 28.5. The Hall–Kier alpha value is -5.96. The number of hydrogen-bond acceptors (Lipinski definition) is 7. The molecule has 5 atom stereocenters. The van der Waals surface area contributed by atoms with Gasteiger partial charge in [0.15, 0.2) is 5.60 Å². The van der Waals surface area contributed by atoms with Gasteiger partial charge in [-0.25, -0.2) is 4.79 Å². The van der Waals surface area contributed by atoms with Gasteiger partial charge in [-0.2, -0.15) is 0 Å². The average Bonchev–Trinajstić information content (AvgIpc) is 3.82. The number of hydrogen-bond donors (Lipinski definition) is 1. The molecule has 3 heterocycles. The van der Waals surface area contributed by atoms with Gasteiger partial charge in [-0.05, 0) is 70.3 Å². The molecule has 2 bridgehead atoms. The van der Waals surface area contributed by atoms with Crippen molar-refractivity contribution in [2.75, 3.05) is 13.2 Å². The Morgan fingerprint density at radius 1 is 0.811 bits per heavy atom. The average molecular weight is 720 g/mol. The summed E-state index contributed by atoms with van der Waals surface area (Å²) in [6.07, 6.45) is 8.24. The number of ether oxygens (including phenoxy) is 1. The molecule has 3 aliphatic rings. The molecule has 2 aliphatic carbocycles. The van der Waals surface area contributed by atoms with Gasteiger partial charge in [-0.3, -0.25) is 24.5 Å². The van der Waals surface area contributed by atoms with E-state index in [4.69, 9.17) is 21.3 Å². The molecule has 5 unspecified atom stereocenters. The van der Waals surface area contributed by atoms with Crippen LogP contribution in [0.1, 0.15) is 28.1 Å². The molecule has 53 heavy (non-hydrogen) atoms. The normalized spacial score (nSPS) is 22.5. The maximum Gasteiger partial charge on any atom is 0.330 e. The molecule has 3 aromatic carbocycles. The third-order valence-corrected chi connectivity index (χ3v) is 10.6. The van der Waals surface area contributed by atoms with Crippen LogP contribution >= 0.6 is 11.6 Å². The van der Waals surface area contributed by atoms with E-state index in [9.17, 15) is 19.5 Å². The van der Waals surface area contributed by atoms with Crippen LogP contribution in [0.2, 0.25) is 5.02 Å². The first-order valence-electron chi connectivity index (χ1n) is 17.4. The Morgan fingerprint density at radius 3 is 2.15 bits per heavy atom. The molecule has 8 rings (SSSR count). The number of carbonyl (C=O) groups is 3. The van der Waals surface area contributed by atoms with Gasteiger partial charge in [0.05, 0.1) is 29.8 Å². The second kappa shape index (κ2) is 14.2. The van der Waals surface area contributed by atoms with Crippen molar-refractivity contribution in [1.29, 1.82) is 0 Å². The van der Waals surface area contributed by atoms with Crippen molar-refractivity contribution in [2.45, 2.75) is 5.60 Å². The van der Waals surface area contributed by atoms with E-state index in [1.54, 1.807) is 54.9 Å². The van der Waals surface area contributed by atoms with Crippen molar-refractivity contribution >= 4 is 41.0 Å². The predicted molar refractivity (Wildman–Crippen MR) is 201 cm³/mol. The fourth-order valence-electron chi connectivity index (χ4n) is 8.16. The number of likely N-dealkylation sites (tertiary alicyclic amines) is 1. The summed E-state index contributed by atoms with van der Waals surface area (Å²) in [5, 5.41) is 13.6. The van der Waals surface area contributed by atoms with Crippen LogP contribution in [-0.4, -0.2) is 50.9 Å². The quantitative estimate of drug-likeness (QED) is 0.0723. The highest BCUT2D eigenvalue weighted by molar-refractivity contribution is 6.30. The fourth-order valence-corrected chi connectivity index (χ4v) is 8.28. The third-order valence-electron chi connectivity index (χ3n) is 10.4. The van der Waals surface area contributed by atoms with Crippen molar-refractivity contribution in [3.05, 3.63) is 190 Å². The number of benzene rings is 3. The molecule has 0 radical (unpaired) electrons. The molecule has 2 fully saturated rings. The number of carbonyl (C=O) groups excluding carboxylic acids is 3. The summed E-state index contributed by atoms with van der Waals surface area (Å²) >= 11 is 5.95. The lowest BCUT2D eigenvalue weighted by atomic mass is 9.71. The highest BCUT2D eigenvalue weighted by Crippen LogP contribution is 2.64. The molecule has 9 heteroatoms. The highest BCUT2D eigenvalue weighted by Gasteiger charge is 2.66. The summed E-state index contributed by atoms with van der Waals surface area (Å²) < 4.78 is 5.43. The van der Waals surface area contributed by atoms with E-state index in [0.29, 0.717) is 27.5 Å². The molecule has 8 nitrogen and oxygen atoms in total. The molecule has 5 aromatic rings. The number of amides is 2. The van der Waals surface area contributed by atoms with Gasteiger partial charge in [0.1, 0.15) is 6.61 Å². The number of halogens is 1. The molecule has 2 aromatic heterocycles. The lowest BCUT2D eigenvalue weighted by Gasteiger charge is -2.36. The number of rotatable bonds is 10. The summed E-state index contributed by atoms with van der Waals surface area (Å²) in [6.45, 7) is -0.252. The first-order chi connectivity index (χ1) is 25.9. The highest BCUT2D eigenvalue weighted by atomic mass is 35.5. The van der Waals surface area contributed by atoms with Crippen LogP contribution in [0.4, 0.5) is 0 Å². The smallest absolute Gasteiger partial charge is 0.330 e. The SMILES string of the molecule is O=C(C=Cc1ccc(Cl)cc1)OCCN1C(=O)C2C3C=C(C(O)(c4ccccc4)c4ccccn4)C(C3=C(c3ccccc3)c3ccccn3)C2C1=O. The van der Waals surface area contributed by atoms with Gasteiger partial charge in [-0.1, -0.05) is 103 Å². The zero-order chi connectivity index (χ0) is 36.5. The van der Waals surface area contributed by atoms with Gasteiger partial charge in [0.2, 0.25) is 11.8 Å². The third kappa shape index (κ3) is 6.09. The molecule has 1 saturated heterocycles. The first kappa shape index (κ1) is 34.1. The van der Waals surface area contributed by atoms with Gasteiger partial charge in [0, 0.05) is 40.9 Å². The van der Waals surface area contributed by atoms with E-state index in [1.165, 1.54) is 11.0 Å². The van der Waals surface area contributed by atoms with Crippen molar-refractivity contribution in [2.24, 2.45) is 23.7 Å². The standard InChI is InChI=1S/C44H34ClN3O5/c45-31-20-17-28(18-21-31)19-22-36(49)53-26-25-48-42(50)39-32-27-33(44(52,30-13-5-2-6-14-30)35-16-8-10-24-47-35)40(41(39)43(48)51)38(32)37(29-11-3-1-4-12-29)34-15-7-9-23-46-34/h1-24,27,32,39-41,52H,25-26H2. The van der Waals surface area contributed by atoms with Gasteiger partial charge >= 0.3 is 5.97 Å². The fraction of sp³-hybridized carbons (Fsp3) is 0.159. The monoisotopic (exact) mass is 719 g/mol. The minimum absolute atomic E-state index is 0.0893. The molecule has 262 valence electrons. The topological polar surface area (TPSA) is 110 Å². The van der Waals surface area contributed by atoms with Crippen LogP contribution in [0.3, 0.4) is 0 Å². The number of aliphatic hydroxyl groups is 1. The van der Waals surface area contributed by atoms with Crippen LogP contribution in [0, 0.1) is 23.7 Å². The molecule has 2 amide bonds. The summed E-state index contributed by atoms with van der Waals surface area (Å²) in [5.74, 6) is -4.00. The van der Waals surface area contributed by atoms with Crippen molar-refractivity contribution < 1.29 is 24.2 Å². The van der Waals surface area contributed by atoms with Crippen LogP contribution in [-0.2, 0) is 24.7 Å². The summed E-state index contributed by atoms with van der Waals surface area (Å²) in [7, 11) is 0. The molecular weight excluding hydrogens is 686 g/mol. The second-order valence-electron chi connectivity index (χ2n) is 13.3. The van der Waals surface area contributed by atoms with Crippen LogP contribution < -0.4 is 0 Å². The van der Waals surface area contributed by atoms with Crippen molar-refractivity contribution in [3.8, 4) is 0 Å². The van der Waals surface area contributed by atoms with Crippen LogP contribution in [0.25, 0.3) is 11.6 Å². The number of imide groups is 1. The van der Waals surface area contributed by atoms with Crippen molar-refractivity contribution in [3.63, 3.8) is 0 Å². The lowest BCUT2D eigenvalue weighted by Crippen LogP contribution is -2.39. The molecule has 1 N–H and O–H groups in total. The van der Waals surface area contributed by atoms with Crippen LogP contribution in [0.5, 0.6) is 0 Å². The number of pyridine rings is 2. The van der Waals surface area contributed by atoms with E-state index in [1.807, 2.05) is 91.0 Å². The molecule has 1 aliphatic heterocycles. The van der Waals surface area contributed by atoms with E-state index in [0.717, 1.165) is 22.3 Å². The Kier molecular flexibility index (Phi) is 9.16. The number of esters is 1. The predicted octanol–water partition coefficient (Wildman–Crippen LogP) is 6.91. The molecule has 1 saturated carbocycles. The number of nitrogens with zero attached hydrogens (tertiary/aromatic N) is 3.